The number of hydrogen-bond donors (Lipinski definition) is 0. The van der Waals surface area contributed by atoms with E-state index in [1.165, 1.54) is 14.7 Å². The molecule has 4 nitrogen and oxygen atoms in total. The Kier molecular flexibility index (Phi) is 12.3. The van der Waals surface area contributed by atoms with Crippen molar-refractivity contribution in [3.63, 3.8) is 0 Å². The standard InChI is InChI=1S/C22H23OS.C6HF13O3S/c1-2-3-18-23-21-16-10-11-17-22(21)24(19-12-6-4-7-13-19)20-14-8-5-9-15-20;7-1(8,3(11,12)5(15,16)17)2(9,10)4(13,14)6(18,19)23(20,21)22/h4-17H,2-3,18H2,1H3;(H,20,21,22)/q+1;/p-1. The highest BCUT2D eigenvalue weighted by Gasteiger charge is 2.91. The van der Waals surface area contributed by atoms with E-state index in [0.717, 1.165) is 25.2 Å². The molecule has 19 heteroatoms. The van der Waals surface area contributed by atoms with Crippen molar-refractivity contribution >= 4 is 21.0 Å². The van der Waals surface area contributed by atoms with Gasteiger partial charge in [-0.3, -0.25) is 0 Å². The van der Waals surface area contributed by atoms with Crippen molar-refractivity contribution < 1.29 is 74.8 Å². The van der Waals surface area contributed by atoms with Crippen LogP contribution < -0.4 is 4.74 Å². The van der Waals surface area contributed by atoms with Gasteiger partial charge in [0.25, 0.3) is 0 Å². The summed E-state index contributed by atoms with van der Waals surface area (Å²) in [5.41, 5.74) is 0. The molecule has 0 amide bonds. The summed E-state index contributed by atoms with van der Waals surface area (Å²) in [6.45, 7) is 2.96. The van der Waals surface area contributed by atoms with Gasteiger partial charge in [0, 0.05) is 0 Å². The van der Waals surface area contributed by atoms with E-state index in [-0.39, 0.29) is 10.9 Å². The highest BCUT2D eigenvalue weighted by molar-refractivity contribution is 7.97. The molecule has 0 aliphatic heterocycles. The van der Waals surface area contributed by atoms with E-state index in [9.17, 15) is 70.0 Å². The van der Waals surface area contributed by atoms with Gasteiger partial charge in [0.05, 0.1) is 6.61 Å². The molecular weight excluding hydrogens is 711 g/mol. The SMILES string of the molecule is CCCCOc1ccccc1[S+](c1ccccc1)c1ccccc1.O=S(=O)([O-])C(F)(F)C(F)(F)C(F)(F)C(F)(F)C(F)(F)C(F)(F)F. The molecule has 47 heavy (non-hydrogen) atoms. The Labute approximate surface area is 262 Å². The van der Waals surface area contributed by atoms with Gasteiger partial charge in [0.1, 0.15) is 10.9 Å². The van der Waals surface area contributed by atoms with Crippen molar-refractivity contribution in [2.75, 3.05) is 6.61 Å². The van der Waals surface area contributed by atoms with Crippen molar-refractivity contribution in [2.24, 2.45) is 0 Å². The van der Waals surface area contributed by atoms with Gasteiger partial charge in [-0.2, -0.15) is 57.1 Å². The molecule has 0 N–H and O–H groups in total. The first kappa shape index (κ1) is 40.0. The van der Waals surface area contributed by atoms with Gasteiger partial charge in [-0.05, 0) is 42.8 Å². The molecule has 3 aromatic carbocycles. The van der Waals surface area contributed by atoms with Crippen LogP contribution in [0.3, 0.4) is 0 Å². The van der Waals surface area contributed by atoms with Crippen LogP contribution in [0, 0.1) is 0 Å². The second-order valence-corrected chi connectivity index (χ2v) is 12.8. The second kappa shape index (κ2) is 14.5. The van der Waals surface area contributed by atoms with Crippen LogP contribution in [0.25, 0.3) is 0 Å². The van der Waals surface area contributed by atoms with Gasteiger partial charge in [-0.15, -0.1) is 0 Å². The molecule has 3 rings (SSSR count). The minimum Gasteiger partial charge on any atom is -0.743 e. The number of halogens is 13. The van der Waals surface area contributed by atoms with Crippen LogP contribution in [0.5, 0.6) is 5.75 Å². The van der Waals surface area contributed by atoms with Crippen LogP contribution in [-0.4, -0.2) is 54.7 Å². The van der Waals surface area contributed by atoms with Crippen molar-refractivity contribution in [1.29, 1.82) is 0 Å². The third kappa shape index (κ3) is 7.93. The van der Waals surface area contributed by atoms with Crippen LogP contribution in [0.2, 0.25) is 0 Å². The van der Waals surface area contributed by atoms with Gasteiger partial charge in [-0.25, -0.2) is 8.42 Å². The van der Waals surface area contributed by atoms with E-state index >= 15 is 0 Å². The minimum absolute atomic E-state index is 0.157. The number of para-hydroxylation sites is 1. The van der Waals surface area contributed by atoms with E-state index < -0.39 is 45.2 Å². The Bertz CT molecular complexity index is 1510. The highest BCUT2D eigenvalue weighted by Crippen LogP contribution is 2.60. The molecule has 0 aliphatic carbocycles. The van der Waals surface area contributed by atoms with Crippen molar-refractivity contribution in [3.05, 3.63) is 84.9 Å². The summed E-state index contributed by atoms with van der Waals surface area (Å²) in [6.07, 6.45) is -5.38. The lowest BCUT2D eigenvalue weighted by Gasteiger charge is -2.39. The third-order valence-electron chi connectivity index (χ3n) is 6.00. The first-order chi connectivity index (χ1) is 21.4. The fourth-order valence-corrected chi connectivity index (χ4v) is 6.10. The molecule has 0 atom stereocenters. The molecule has 0 heterocycles. The number of rotatable bonds is 12. The topological polar surface area (TPSA) is 66.4 Å². The summed E-state index contributed by atoms with van der Waals surface area (Å²) >= 11 is 0. The second-order valence-electron chi connectivity index (χ2n) is 9.35. The molecule has 0 bridgehead atoms. The monoisotopic (exact) mass is 734 g/mol. The van der Waals surface area contributed by atoms with Gasteiger partial charge in [0.15, 0.2) is 25.7 Å². The van der Waals surface area contributed by atoms with E-state index in [1.807, 2.05) is 0 Å². The van der Waals surface area contributed by atoms with Gasteiger partial charge in [-0.1, -0.05) is 61.9 Å². The number of hydrogen-bond acceptors (Lipinski definition) is 4. The predicted molar refractivity (Wildman–Crippen MR) is 142 cm³/mol. The lowest BCUT2D eigenvalue weighted by molar-refractivity contribution is -0.433. The van der Waals surface area contributed by atoms with E-state index in [0.29, 0.717) is 0 Å². The zero-order valence-electron chi connectivity index (χ0n) is 23.6. The first-order valence-electron chi connectivity index (χ1n) is 12.9. The Morgan fingerprint density at radius 1 is 0.617 bits per heavy atom. The van der Waals surface area contributed by atoms with Crippen LogP contribution in [-0.2, 0) is 21.0 Å². The van der Waals surface area contributed by atoms with E-state index in [2.05, 4.69) is 91.9 Å². The number of unbranched alkanes of at least 4 members (excludes halogenated alkanes) is 1. The molecule has 3 aromatic rings. The molecule has 0 spiro atoms. The maximum atomic E-state index is 12.7. The molecule has 0 aliphatic rings. The normalized spacial score (nSPS) is 13.6. The maximum absolute atomic E-state index is 12.7. The summed E-state index contributed by atoms with van der Waals surface area (Å²) in [5.74, 6) is -31.6. The summed E-state index contributed by atoms with van der Waals surface area (Å²) in [5, 5.41) is -7.63. The van der Waals surface area contributed by atoms with Gasteiger partial charge in [0.2, 0.25) is 4.90 Å². The molecule has 0 saturated carbocycles. The number of ether oxygens (including phenoxy) is 1. The summed E-state index contributed by atoms with van der Waals surface area (Å²) < 4.78 is 195. The Balaban J connectivity index is 0.000000328. The van der Waals surface area contributed by atoms with Crippen LogP contribution >= 0.6 is 0 Å². The van der Waals surface area contributed by atoms with Crippen LogP contribution in [0.15, 0.2) is 99.6 Å². The molecule has 0 saturated heterocycles. The molecule has 0 unspecified atom stereocenters. The molecule has 0 aromatic heterocycles. The zero-order chi connectivity index (χ0) is 36.1. The number of benzene rings is 3. The van der Waals surface area contributed by atoms with Crippen molar-refractivity contribution in [3.8, 4) is 5.75 Å². The fourth-order valence-electron chi connectivity index (χ4n) is 3.48. The first-order valence-corrected chi connectivity index (χ1v) is 15.5. The third-order valence-corrected chi connectivity index (χ3v) is 9.15. The average molecular weight is 735 g/mol. The summed E-state index contributed by atoms with van der Waals surface area (Å²) in [6, 6.07) is 29.9. The maximum Gasteiger partial charge on any atom is 0.460 e. The predicted octanol–water partition coefficient (Wildman–Crippen LogP) is 9.19. The van der Waals surface area contributed by atoms with Crippen LogP contribution in [0.4, 0.5) is 57.1 Å². The quantitative estimate of drug-likeness (QED) is 0.0806. The smallest absolute Gasteiger partial charge is 0.460 e. The lowest BCUT2D eigenvalue weighted by Crippen LogP contribution is -2.71. The fraction of sp³-hybridized carbons (Fsp3) is 0.357. The van der Waals surface area contributed by atoms with Crippen molar-refractivity contribution in [2.45, 2.75) is 69.6 Å². The molecule has 0 radical (unpaired) electrons. The Morgan fingerprint density at radius 3 is 1.43 bits per heavy atom. The van der Waals surface area contributed by atoms with Crippen LogP contribution in [0.1, 0.15) is 19.8 Å². The molecule has 0 fully saturated rings. The van der Waals surface area contributed by atoms with Gasteiger partial charge < -0.3 is 9.29 Å². The summed E-state index contributed by atoms with van der Waals surface area (Å²) in [7, 11) is -8.01. The molecular formula is C28H23F13O4S2. The molecule has 262 valence electrons. The van der Waals surface area contributed by atoms with Gasteiger partial charge >= 0.3 is 35.1 Å². The lowest BCUT2D eigenvalue weighted by atomic mass is 9.98. The number of alkyl halides is 13. The average Bonchev–Trinajstić information content (AvgIpc) is 2.98. The largest absolute Gasteiger partial charge is 0.743 e. The van der Waals surface area contributed by atoms with E-state index in [4.69, 9.17) is 4.74 Å². The Hall–Kier alpha value is -3.19. The Morgan fingerprint density at radius 2 is 1.02 bits per heavy atom. The summed E-state index contributed by atoms with van der Waals surface area (Å²) in [4.78, 5) is 3.89. The minimum atomic E-state index is -8.29. The zero-order valence-corrected chi connectivity index (χ0v) is 25.2. The van der Waals surface area contributed by atoms with Crippen molar-refractivity contribution in [1.82, 2.24) is 0 Å². The highest BCUT2D eigenvalue weighted by atomic mass is 32.2. The van der Waals surface area contributed by atoms with E-state index in [1.54, 1.807) is 0 Å².